The number of amides is 1. The van der Waals surface area contributed by atoms with Crippen molar-refractivity contribution in [1.29, 1.82) is 0 Å². The minimum atomic E-state index is -3.36. The molecule has 1 atom stereocenters. The van der Waals surface area contributed by atoms with Gasteiger partial charge in [0.25, 0.3) is 5.91 Å². The second-order valence-corrected chi connectivity index (χ2v) is 7.86. The minimum absolute atomic E-state index is 0.263. The Morgan fingerprint density at radius 3 is 2.62 bits per heavy atom. The quantitative estimate of drug-likeness (QED) is 0.832. The van der Waals surface area contributed by atoms with Crippen LogP contribution in [0, 0.1) is 6.92 Å². The zero-order valence-electron chi connectivity index (χ0n) is 14.5. The van der Waals surface area contributed by atoms with Crippen LogP contribution < -0.4 is 19.5 Å². The van der Waals surface area contributed by atoms with E-state index in [1.54, 1.807) is 25.1 Å². The van der Waals surface area contributed by atoms with Crippen LogP contribution in [-0.2, 0) is 10.0 Å². The second-order valence-electron chi connectivity index (χ2n) is 6.11. The first-order chi connectivity index (χ1) is 12.3. The van der Waals surface area contributed by atoms with E-state index in [-0.39, 0.29) is 12.0 Å². The number of rotatable bonds is 5. The van der Waals surface area contributed by atoms with Crippen molar-refractivity contribution in [3.8, 4) is 11.5 Å². The molecule has 2 N–H and O–H groups in total. The van der Waals surface area contributed by atoms with Crippen LogP contribution in [0.2, 0.25) is 0 Å². The first-order valence-corrected chi connectivity index (χ1v) is 9.96. The molecule has 1 amide bonds. The molecule has 2 aromatic rings. The van der Waals surface area contributed by atoms with E-state index in [1.165, 1.54) is 0 Å². The molecule has 7 nitrogen and oxygen atoms in total. The Morgan fingerprint density at radius 2 is 1.92 bits per heavy atom. The summed E-state index contributed by atoms with van der Waals surface area (Å²) < 4.78 is 36.5. The number of carbonyl (C=O) groups excluding carboxylic acids is 1. The molecule has 0 fully saturated rings. The van der Waals surface area contributed by atoms with Crippen molar-refractivity contribution in [2.45, 2.75) is 13.0 Å². The maximum absolute atomic E-state index is 12.3. The molecule has 0 spiro atoms. The van der Waals surface area contributed by atoms with Gasteiger partial charge in [0.05, 0.1) is 18.5 Å². The van der Waals surface area contributed by atoms with Crippen molar-refractivity contribution in [1.82, 2.24) is 5.32 Å². The van der Waals surface area contributed by atoms with Gasteiger partial charge in [-0.2, -0.15) is 0 Å². The molecule has 0 bridgehead atoms. The van der Waals surface area contributed by atoms with Crippen molar-refractivity contribution in [2.24, 2.45) is 0 Å². The van der Waals surface area contributed by atoms with Gasteiger partial charge in [-0.15, -0.1) is 0 Å². The SMILES string of the molecule is Cc1cc(C(=O)NC[C@H]2COc3ccccc3O2)ccc1NS(C)(=O)=O. The Morgan fingerprint density at radius 1 is 1.19 bits per heavy atom. The van der Waals surface area contributed by atoms with Gasteiger partial charge in [-0.05, 0) is 42.8 Å². The highest BCUT2D eigenvalue weighted by Crippen LogP contribution is 2.30. The third-order valence-corrected chi connectivity index (χ3v) is 4.43. The number of aryl methyl sites for hydroxylation is 1. The van der Waals surface area contributed by atoms with Crippen LogP contribution in [0.15, 0.2) is 42.5 Å². The molecule has 26 heavy (non-hydrogen) atoms. The number of fused-ring (bicyclic) bond motifs is 1. The third kappa shape index (κ3) is 4.45. The molecule has 1 aliphatic heterocycles. The number of hydrogen-bond acceptors (Lipinski definition) is 5. The van der Waals surface area contributed by atoms with E-state index in [2.05, 4.69) is 10.0 Å². The Bertz CT molecular complexity index is 927. The van der Waals surface area contributed by atoms with Gasteiger partial charge >= 0.3 is 0 Å². The lowest BCUT2D eigenvalue weighted by molar-refractivity contribution is 0.0789. The fraction of sp³-hybridized carbons (Fsp3) is 0.278. The summed E-state index contributed by atoms with van der Waals surface area (Å²) in [5.74, 6) is 1.09. The van der Waals surface area contributed by atoms with Gasteiger partial charge in [0.2, 0.25) is 10.0 Å². The van der Waals surface area contributed by atoms with E-state index in [0.717, 1.165) is 6.26 Å². The molecule has 0 aromatic heterocycles. The summed E-state index contributed by atoms with van der Waals surface area (Å²) >= 11 is 0. The molecule has 0 radical (unpaired) electrons. The fourth-order valence-electron chi connectivity index (χ4n) is 2.59. The zero-order chi connectivity index (χ0) is 18.7. The number of nitrogens with one attached hydrogen (secondary N) is 2. The van der Waals surface area contributed by atoms with Gasteiger partial charge in [0.1, 0.15) is 12.7 Å². The molecule has 138 valence electrons. The van der Waals surface area contributed by atoms with E-state index in [0.29, 0.717) is 41.5 Å². The second kappa shape index (κ2) is 7.25. The lowest BCUT2D eigenvalue weighted by Crippen LogP contribution is -2.40. The van der Waals surface area contributed by atoms with Gasteiger partial charge in [-0.3, -0.25) is 9.52 Å². The number of ether oxygens (including phenoxy) is 2. The first-order valence-electron chi connectivity index (χ1n) is 8.07. The van der Waals surface area contributed by atoms with Gasteiger partial charge < -0.3 is 14.8 Å². The van der Waals surface area contributed by atoms with Crippen LogP contribution in [0.25, 0.3) is 0 Å². The van der Waals surface area contributed by atoms with Crippen LogP contribution in [0.3, 0.4) is 0 Å². The average Bonchev–Trinajstić information content (AvgIpc) is 2.60. The highest BCUT2D eigenvalue weighted by atomic mass is 32.2. The predicted octanol–water partition coefficient (Wildman–Crippen LogP) is 1.94. The molecule has 0 saturated carbocycles. The number of benzene rings is 2. The summed E-state index contributed by atoms with van der Waals surface area (Å²) in [7, 11) is -3.36. The molecule has 8 heteroatoms. The Kier molecular flexibility index (Phi) is 5.03. The lowest BCUT2D eigenvalue weighted by Gasteiger charge is -2.26. The van der Waals surface area contributed by atoms with Crippen molar-refractivity contribution < 1.29 is 22.7 Å². The van der Waals surface area contributed by atoms with Gasteiger partial charge in [0, 0.05) is 5.56 Å². The summed E-state index contributed by atoms with van der Waals surface area (Å²) in [6.07, 6.45) is 0.804. The van der Waals surface area contributed by atoms with Crippen LogP contribution in [0.1, 0.15) is 15.9 Å². The van der Waals surface area contributed by atoms with Crippen LogP contribution >= 0.6 is 0 Å². The van der Waals surface area contributed by atoms with E-state index < -0.39 is 10.0 Å². The molecular weight excluding hydrogens is 356 g/mol. The summed E-state index contributed by atoms with van der Waals surface area (Å²) in [4.78, 5) is 12.3. The van der Waals surface area contributed by atoms with Gasteiger partial charge in [-0.25, -0.2) is 8.42 Å². The number of hydrogen-bond donors (Lipinski definition) is 2. The van der Waals surface area contributed by atoms with Crippen LogP contribution in [-0.4, -0.2) is 39.8 Å². The number of sulfonamides is 1. The van der Waals surface area contributed by atoms with Crippen molar-refractivity contribution in [3.05, 3.63) is 53.6 Å². The topological polar surface area (TPSA) is 93.7 Å². The average molecular weight is 376 g/mol. The highest BCUT2D eigenvalue weighted by Gasteiger charge is 2.21. The molecule has 3 rings (SSSR count). The number of carbonyl (C=O) groups is 1. The van der Waals surface area contributed by atoms with Crippen LogP contribution in [0.4, 0.5) is 5.69 Å². The smallest absolute Gasteiger partial charge is 0.251 e. The Hall–Kier alpha value is -2.74. The Labute approximate surface area is 152 Å². The fourth-order valence-corrected chi connectivity index (χ4v) is 3.22. The lowest BCUT2D eigenvalue weighted by atomic mass is 10.1. The zero-order valence-corrected chi connectivity index (χ0v) is 15.3. The number of anilines is 1. The third-order valence-electron chi connectivity index (χ3n) is 3.84. The van der Waals surface area contributed by atoms with Crippen molar-refractivity contribution in [3.63, 3.8) is 0 Å². The van der Waals surface area contributed by atoms with Gasteiger partial charge in [-0.1, -0.05) is 12.1 Å². The molecule has 0 saturated heterocycles. The molecule has 0 unspecified atom stereocenters. The van der Waals surface area contributed by atoms with Crippen LogP contribution in [0.5, 0.6) is 11.5 Å². The molecule has 1 aliphatic rings. The minimum Gasteiger partial charge on any atom is -0.486 e. The van der Waals surface area contributed by atoms with Gasteiger partial charge in [0.15, 0.2) is 11.5 Å². The molecule has 1 heterocycles. The first kappa shape index (κ1) is 18.1. The molecular formula is C18H20N2O5S. The van der Waals surface area contributed by atoms with E-state index >= 15 is 0 Å². The largest absolute Gasteiger partial charge is 0.486 e. The van der Waals surface area contributed by atoms with E-state index in [9.17, 15) is 13.2 Å². The summed E-state index contributed by atoms with van der Waals surface area (Å²) in [6, 6.07) is 12.2. The normalized spacial score (nSPS) is 16.0. The summed E-state index contributed by atoms with van der Waals surface area (Å²) in [5, 5.41) is 2.81. The van der Waals surface area contributed by atoms with E-state index in [4.69, 9.17) is 9.47 Å². The molecule has 2 aromatic carbocycles. The van der Waals surface area contributed by atoms with Crippen molar-refractivity contribution >= 4 is 21.6 Å². The summed E-state index contributed by atoms with van der Waals surface area (Å²) in [6.45, 7) is 2.39. The predicted molar refractivity (Wildman–Crippen MR) is 98.3 cm³/mol. The monoisotopic (exact) mass is 376 g/mol. The molecule has 0 aliphatic carbocycles. The summed E-state index contributed by atoms with van der Waals surface area (Å²) in [5.41, 5.74) is 1.55. The standard InChI is InChI=1S/C18H20N2O5S/c1-12-9-13(7-8-15(12)20-26(2,22)23)18(21)19-10-14-11-24-16-5-3-4-6-17(16)25-14/h3-9,14,20H,10-11H2,1-2H3,(H,19,21)/t14-/m0/s1. The maximum Gasteiger partial charge on any atom is 0.251 e. The maximum atomic E-state index is 12.3. The Balaban J connectivity index is 1.60. The highest BCUT2D eigenvalue weighted by molar-refractivity contribution is 7.92. The number of para-hydroxylation sites is 2. The van der Waals surface area contributed by atoms with E-state index in [1.807, 2.05) is 24.3 Å². The van der Waals surface area contributed by atoms with Crippen molar-refractivity contribution in [2.75, 3.05) is 24.1 Å².